The van der Waals surface area contributed by atoms with Crippen molar-refractivity contribution in [1.82, 2.24) is 24.6 Å². The molecule has 2 heterocycles. The third-order valence-corrected chi connectivity index (χ3v) is 6.45. The van der Waals surface area contributed by atoms with Crippen molar-refractivity contribution >= 4 is 30.5 Å². The molecule has 0 bridgehead atoms. The molecule has 0 aliphatic carbocycles. The minimum Gasteiger partial charge on any atom is -0.480 e. The molecule has 0 aliphatic heterocycles. The number of carbonyl (C=O) groups is 1. The maximum atomic E-state index is 12.7. The second-order valence-electron chi connectivity index (χ2n) is 7.69. The van der Waals surface area contributed by atoms with Crippen LogP contribution < -0.4 is 15.6 Å². The maximum Gasteiger partial charge on any atom is 0.323 e. The number of anilines is 1. The second-order valence-corrected chi connectivity index (χ2v) is 9.66. The van der Waals surface area contributed by atoms with E-state index in [1.807, 2.05) is 0 Å². The topological polar surface area (TPSA) is 184 Å². The van der Waals surface area contributed by atoms with Gasteiger partial charge in [0, 0.05) is 7.11 Å². The van der Waals surface area contributed by atoms with Crippen LogP contribution in [0.3, 0.4) is 0 Å². The highest BCUT2D eigenvalue weighted by Gasteiger charge is 2.26. The molecule has 1 aromatic carbocycles. The molecule has 0 fully saturated rings. The largest absolute Gasteiger partial charge is 0.480 e. The van der Waals surface area contributed by atoms with E-state index in [0.29, 0.717) is 17.7 Å². The monoisotopic (exact) mass is 508 g/mol. The summed E-state index contributed by atoms with van der Waals surface area (Å²) in [6.07, 6.45) is -0.214. The average Bonchev–Trinajstić information content (AvgIpc) is 3.09. The molecule has 2 atom stereocenters. The summed E-state index contributed by atoms with van der Waals surface area (Å²) in [7, 11) is -2.36. The van der Waals surface area contributed by atoms with Crippen molar-refractivity contribution in [2.45, 2.75) is 32.6 Å². The molecule has 1 unspecified atom stereocenters. The Balaban J connectivity index is 1.80. The highest BCUT2D eigenvalue weighted by atomic mass is 31.2. The number of nitrogens with zero attached hydrogens (tertiary/aromatic N) is 4. The Bertz CT molecular complexity index is 1230. The normalized spacial score (nSPS) is 13.9. The molecule has 0 aliphatic rings. The third kappa shape index (κ3) is 6.89. The number of carbonyl (C=O) groups excluding carboxylic acids is 1. The molecule has 3 aromatic rings. The van der Waals surface area contributed by atoms with Crippen molar-refractivity contribution in [1.29, 1.82) is 0 Å². The minimum atomic E-state index is -3.90. The molecule has 13 nitrogen and oxygen atoms in total. The van der Waals surface area contributed by atoms with Crippen LogP contribution in [0.25, 0.3) is 11.2 Å². The van der Waals surface area contributed by atoms with E-state index in [9.17, 15) is 19.4 Å². The van der Waals surface area contributed by atoms with Gasteiger partial charge in [0.25, 0.3) is 13.5 Å². The lowest BCUT2D eigenvalue weighted by atomic mass is 10.1. The smallest absolute Gasteiger partial charge is 0.323 e. The lowest BCUT2D eigenvalue weighted by Crippen LogP contribution is -2.33. The van der Waals surface area contributed by atoms with Crippen molar-refractivity contribution in [3.8, 4) is 12.0 Å². The zero-order chi connectivity index (χ0) is 25.6. The fourth-order valence-electron chi connectivity index (χ4n) is 3.34. The summed E-state index contributed by atoms with van der Waals surface area (Å²) in [5, 5.41) is 12.9. The van der Waals surface area contributed by atoms with E-state index in [2.05, 4.69) is 20.0 Å². The molecule has 0 spiro atoms. The van der Waals surface area contributed by atoms with Crippen molar-refractivity contribution in [2.75, 3.05) is 32.7 Å². The summed E-state index contributed by atoms with van der Waals surface area (Å²) in [6.45, 7) is 3.99. The average molecular weight is 508 g/mol. The standard InChI is InChI=1S/C21H29N6O7P/c1-4-33-19(28)13(2)26-35(30,31)12-15-7-5-6-14(10-15)11-27-18-16(23-21(27)29)17(22)24-20(25-18)34-9-8-32-3/h5-7,10,13H,4,8-9,11-12H2,1-3H3,(H,23,29)(H2,22,24,25)(H2,26,30,31)/t13-/m0/s1. The van der Waals surface area contributed by atoms with Gasteiger partial charge in [-0.2, -0.15) is 15.0 Å². The molecular weight excluding hydrogens is 479 g/mol. The van der Waals surface area contributed by atoms with Crippen LogP contribution in [-0.4, -0.2) is 68.5 Å². The Hall–Kier alpha value is -3.25. The molecule has 0 saturated carbocycles. The third-order valence-electron chi connectivity index (χ3n) is 4.86. The van der Waals surface area contributed by atoms with Gasteiger partial charge in [-0.15, -0.1) is 0 Å². The predicted octanol–water partition coefficient (Wildman–Crippen LogP) is 1.41. The number of benzene rings is 1. The highest BCUT2D eigenvalue weighted by molar-refractivity contribution is 7.55. The summed E-state index contributed by atoms with van der Waals surface area (Å²) in [5.74, 6) is -0.557. The zero-order valence-corrected chi connectivity index (χ0v) is 20.6. The van der Waals surface area contributed by atoms with E-state index in [1.54, 1.807) is 31.2 Å². The number of imidazole rings is 1. The zero-order valence-electron chi connectivity index (χ0n) is 19.7. The van der Waals surface area contributed by atoms with Crippen molar-refractivity contribution in [3.63, 3.8) is 0 Å². The van der Waals surface area contributed by atoms with E-state index in [4.69, 9.17) is 19.9 Å². The van der Waals surface area contributed by atoms with Gasteiger partial charge in [-0.1, -0.05) is 24.3 Å². The first-order valence-corrected chi connectivity index (χ1v) is 12.7. The fraction of sp³-hybridized carbons (Fsp3) is 0.429. The van der Waals surface area contributed by atoms with Crippen molar-refractivity contribution in [2.24, 2.45) is 0 Å². The van der Waals surface area contributed by atoms with Gasteiger partial charge < -0.3 is 29.9 Å². The fourth-order valence-corrected chi connectivity index (χ4v) is 4.83. The molecule has 14 heteroatoms. The van der Waals surface area contributed by atoms with Crippen LogP contribution in [-0.2, 0) is 31.5 Å². The Morgan fingerprint density at radius 2 is 2.00 bits per heavy atom. The van der Waals surface area contributed by atoms with E-state index < -0.39 is 19.5 Å². The van der Waals surface area contributed by atoms with Crippen LogP contribution in [0.4, 0.5) is 5.82 Å². The van der Waals surface area contributed by atoms with Gasteiger partial charge in [0.05, 0.1) is 25.9 Å². The Morgan fingerprint density at radius 1 is 1.26 bits per heavy atom. The number of hydrogen-bond acceptors (Lipinski definition) is 10. The number of fused-ring (bicyclic) bond motifs is 1. The van der Waals surface area contributed by atoms with Crippen LogP contribution in [0, 0.1) is 0 Å². The lowest BCUT2D eigenvalue weighted by Gasteiger charge is -2.18. The van der Waals surface area contributed by atoms with E-state index in [-0.39, 0.29) is 54.9 Å². The number of ether oxygens (including phenoxy) is 3. The van der Waals surface area contributed by atoms with Crippen LogP contribution in [0.2, 0.25) is 0 Å². The van der Waals surface area contributed by atoms with E-state index in [0.717, 1.165) is 0 Å². The molecule has 190 valence electrons. The molecule has 2 aromatic heterocycles. The number of nitrogens with one attached hydrogen (secondary N) is 1. The molecule has 0 radical (unpaired) electrons. The van der Waals surface area contributed by atoms with Gasteiger partial charge in [0.15, 0.2) is 17.0 Å². The molecule has 5 N–H and O–H groups in total. The van der Waals surface area contributed by atoms with Gasteiger partial charge in [-0.05, 0) is 25.0 Å². The van der Waals surface area contributed by atoms with Gasteiger partial charge >= 0.3 is 12.0 Å². The van der Waals surface area contributed by atoms with Crippen molar-refractivity contribution < 1.29 is 33.6 Å². The Labute approximate surface area is 201 Å². The summed E-state index contributed by atoms with van der Waals surface area (Å²) < 4.78 is 29.3. The molecule has 3 rings (SSSR count). The molecular formula is C21H29N6O7P. The number of nitrogen functional groups attached to an aromatic ring is 1. The summed E-state index contributed by atoms with van der Waals surface area (Å²) in [6, 6.07) is 5.67. The number of nitrogens with two attached hydrogens (primary N) is 1. The Kier molecular flexibility index (Phi) is 8.62. The molecule has 0 amide bonds. The van der Waals surface area contributed by atoms with Gasteiger partial charge in [-0.25, -0.2) is 5.09 Å². The highest BCUT2D eigenvalue weighted by Crippen LogP contribution is 2.40. The maximum absolute atomic E-state index is 12.7. The SMILES string of the molecule is CCOC(=O)[C@H](C)NP(=O)(O)Cc1cccc(Cn2c(O)nc3c(N)nc(OCCOC)nc32)c1. The quantitative estimate of drug-likeness (QED) is 0.157. The van der Waals surface area contributed by atoms with Crippen molar-refractivity contribution in [3.05, 3.63) is 35.4 Å². The van der Waals surface area contributed by atoms with Crippen LogP contribution in [0.15, 0.2) is 24.3 Å². The summed E-state index contributed by atoms with van der Waals surface area (Å²) >= 11 is 0. The summed E-state index contributed by atoms with van der Waals surface area (Å²) in [5.41, 5.74) is 7.71. The predicted molar refractivity (Wildman–Crippen MR) is 127 cm³/mol. The van der Waals surface area contributed by atoms with Gasteiger partial charge in [0.2, 0.25) is 0 Å². The lowest BCUT2D eigenvalue weighted by molar-refractivity contribution is -0.144. The summed E-state index contributed by atoms with van der Waals surface area (Å²) in [4.78, 5) is 34.5. The number of aromatic hydroxyl groups is 1. The molecule has 0 saturated heterocycles. The Morgan fingerprint density at radius 3 is 2.71 bits per heavy atom. The first kappa shape index (κ1) is 26.4. The van der Waals surface area contributed by atoms with Crippen LogP contribution in [0.1, 0.15) is 25.0 Å². The number of rotatable bonds is 12. The number of methoxy groups -OCH3 is 1. The van der Waals surface area contributed by atoms with E-state index in [1.165, 1.54) is 18.6 Å². The van der Waals surface area contributed by atoms with Crippen LogP contribution in [0.5, 0.6) is 12.0 Å². The number of esters is 1. The first-order chi connectivity index (χ1) is 16.6. The van der Waals surface area contributed by atoms with Gasteiger partial charge in [-0.3, -0.25) is 13.9 Å². The first-order valence-electron chi connectivity index (χ1n) is 10.8. The van der Waals surface area contributed by atoms with E-state index >= 15 is 0 Å². The van der Waals surface area contributed by atoms with Gasteiger partial charge in [0.1, 0.15) is 12.6 Å². The number of aromatic nitrogens is 4. The van der Waals surface area contributed by atoms with Crippen LogP contribution >= 0.6 is 7.52 Å². The molecule has 35 heavy (non-hydrogen) atoms. The second kappa shape index (κ2) is 11.5. The minimum absolute atomic E-state index is 0.0185. The number of hydrogen-bond donors (Lipinski definition) is 4.